The maximum absolute atomic E-state index is 14.3. The maximum Gasteiger partial charge on any atom is 0.327 e. The predicted octanol–water partition coefficient (Wildman–Crippen LogP) is 6.51. The van der Waals surface area contributed by atoms with Crippen LogP contribution in [0.5, 0.6) is 5.75 Å². The van der Waals surface area contributed by atoms with Gasteiger partial charge >= 0.3 is 6.03 Å². The summed E-state index contributed by atoms with van der Waals surface area (Å²) >= 11 is 0. The Hall–Kier alpha value is -3.37. The lowest BCUT2D eigenvalue weighted by molar-refractivity contribution is 0.0131. The van der Waals surface area contributed by atoms with E-state index in [-0.39, 0.29) is 23.2 Å². The Morgan fingerprint density at radius 2 is 2.00 bits per heavy atom. The molecule has 3 amide bonds. The number of nitrogens with one attached hydrogen (secondary N) is 2. The average Bonchev–Trinajstić information content (AvgIpc) is 3.98. The van der Waals surface area contributed by atoms with E-state index in [2.05, 4.69) is 56.6 Å². The van der Waals surface area contributed by atoms with Crippen LogP contribution in [0.4, 0.5) is 10.5 Å². The zero-order chi connectivity index (χ0) is 33.9. The topological polar surface area (TPSA) is 109 Å². The molecule has 8 atom stereocenters. The molecule has 2 aliphatic heterocycles. The molecule has 2 N–H and O–H groups in total. The van der Waals surface area contributed by atoms with Crippen LogP contribution in [0.1, 0.15) is 84.8 Å². The number of aryl methyl sites for hydroxylation is 1. The molecule has 2 heterocycles. The second-order valence-electron chi connectivity index (χ2n) is 16.0. The number of urea groups is 1. The van der Waals surface area contributed by atoms with E-state index in [0.29, 0.717) is 54.7 Å². The SMILES string of the molecule is CO[C@H]1/C=C/C[C@H](C)CS(=O)(NC(=O)NCC2CC2)=NC(=O)c2ccc3c(c2)N(C[C@@H]2CC[C@H]21)C[C@]1(CO3)C[C@@H]2C[C@@H]2c2cc(C)ccc21. The summed E-state index contributed by atoms with van der Waals surface area (Å²) in [6.45, 7) is 6.89. The van der Waals surface area contributed by atoms with Gasteiger partial charge in [0.25, 0.3) is 5.91 Å². The Kier molecular flexibility index (Phi) is 8.54. The van der Waals surface area contributed by atoms with Gasteiger partial charge in [-0.15, -0.1) is 4.36 Å². The number of methoxy groups -OCH3 is 1. The molecule has 3 fully saturated rings. The molecule has 1 unspecified atom stereocenters. The molecule has 0 saturated heterocycles. The minimum atomic E-state index is -3.42. The largest absolute Gasteiger partial charge is 0.490 e. The third-order valence-electron chi connectivity index (χ3n) is 12.0. The van der Waals surface area contributed by atoms with Crippen molar-refractivity contribution in [2.75, 3.05) is 44.0 Å². The van der Waals surface area contributed by atoms with Gasteiger partial charge in [0.05, 0.1) is 24.2 Å². The van der Waals surface area contributed by atoms with E-state index in [0.717, 1.165) is 56.6 Å². The van der Waals surface area contributed by atoms with E-state index < -0.39 is 21.9 Å². The van der Waals surface area contributed by atoms with Crippen LogP contribution in [-0.4, -0.2) is 61.4 Å². The highest BCUT2D eigenvalue weighted by atomic mass is 32.2. The Balaban J connectivity index is 1.18. The van der Waals surface area contributed by atoms with Crippen LogP contribution in [-0.2, 0) is 20.1 Å². The van der Waals surface area contributed by atoms with Crippen molar-refractivity contribution in [1.82, 2.24) is 10.0 Å². The summed E-state index contributed by atoms with van der Waals surface area (Å²) in [5.74, 6) is 2.73. The molecule has 9 nitrogen and oxygen atoms in total. The summed E-state index contributed by atoms with van der Waals surface area (Å²) in [7, 11) is -1.63. The molecule has 4 aliphatic carbocycles. The number of allylic oxidation sites excluding steroid dienone is 1. The van der Waals surface area contributed by atoms with Gasteiger partial charge in [0.1, 0.15) is 15.7 Å². The van der Waals surface area contributed by atoms with Crippen LogP contribution < -0.4 is 19.7 Å². The lowest BCUT2D eigenvalue weighted by Gasteiger charge is -2.46. The molecule has 2 aromatic carbocycles. The fourth-order valence-electron chi connectivity index (χ4n) is 8.98. The van der Waals surface area contributed by atoms with E-state index in [9.17, 15) is 13.8 Å². The van der Waals surface area contributed by atoms with Crippen molar-refractivity contribution in [3.63, 3.8) is 0 Å². The number of anilines is 1. The van der Waals surface area contributed by atoms with Gasteiger partial charge in [0.2, 0.25) is 0 Å². The van der Waals surface area contributed by atoms with Crippen molar-refractivity contribution in [3.05, 3.63) is 70.8 Å². The first-order valence-electron chi connectivity index (χ1n) is 18.3. The van der Waals surface area contributed by atoms with E-state index in [4.69, 9.17) is 9.47 Å². The van der Waals surface area contributed by atoms with Gasteiger partial charge in [0, 0.05) is 37.7 Å². The van der Waals surface area contributed by atoms with Crippen molar-refractivity contribution in [2.45, 2.75) is 76.2 Å². The molecule has 2 aromatic rings. The van der Waals surface area contributed by atoms with Gasteiger partial charge in [0.15, 0.2) is 0 Å². The third-order valence-corrected chi connectivity index (χ3v) is 14.0. The Labute approximate surface area is 290 Å². The minimum Gasteiger partial charge on any atom is -0.490 e. The molecule has 1 spiro atoms. The first-order chi connectivity index (χ1) is 23.6. The number of benzene rings is 2. The first-order valence-corrected chi connectivity index (χ1v) is 20.0. The maximum atomic E-state index is 14.3. The predicted molar refractivity (Wildman–Crippen MR) is 191 cm³/mol. The smallest absolute Gasteiger partial charge is 0.327 e. The normalized spacial score (nSPS) is 35.7. The van der Waals surface area contributed by atoms with Crippen LogP contribution in [0.15, 0.2) is 52.9 Å². The summed E-state index contributed by atoms with van der Waals surface area (Å²) in [5, 5.41) is 2.83. The molecule has 49 heavy (non-hydrogen) atoms. The lowest BCUT2D eigenvalue weighted by Crippen LogP contribution is -2.49. The van der Waals surface area contributed by atoms with Crippen molar-refractivity contribution < 1.29 is 23.3 Å². The standard InChI is InChI=1S/C39H50N4O5S/c1-24-7-13-33-32(15-24)31-16-29(31)18-39(33)22-43-20-28-10-12-30(28)35(47-3)6-4-5-25(2)21-49(46,42-38(45)40-19-26-8-9-26)41-37(44)27-11-14-36(48-23-39)34(43)17-27/h4,6-7,11,13-15,17,25-26,28-31,35H,5,8-10,12,16,18-23H2,1-3H3,(H2,40,41,42,44,45,46)/b6-4+/t25-,28-,29-,30+,31-,35-,39-,49?/m0/s1. The van der Waals surface area contributed by atoms with Gasteiger partial charge in [-0.05, 0) is 117 Å². The molecule has 0 aromatic heterocycles. The van der Waals surface area contributed by atoms with Gasteiger partial charge in [-0.3, -0.25) is 9.52 Å². The molecule has 262 valence electrons. The van der Waals surface area contributed by atoms with E-state index in [1.54, 1.807) is 13.2 Å². The number of rotatable bonds is 4. The highest BCUT2D eigenvalue weighted by Crippen LogP contribution is 2.61. The molecular weight excluding hydrogens is 637 g/mol. The Bertz CT molecular complexity index is 1800. The van der Waals surface area contributed by atoms with Gasteiger partial charge in [-0.2, -0.15) is 0 Å². The second-order valence-corrected chi connectivity index (χ2v) is 18.0. The summed E-state index contributed by atoms with van der Waals surface area (Å²) in [6.07, 6.45) is 11.6. The highest BCUT2D eigenvalue weighted by Gasteiger charge is 2.54. The van der Waals surface area contributed by atoms with Crippen LogP contribution in [0.3, 0.4) is 0 Å². The van der Waals surface area contributed by atoms with Crippen LogP contribution >= 0.6 is 0 Å². The van der Waals surface area contributed by atoms with Crippen molar-refractivity contribution in [2.24, 2.45) is 34.0 Å². The average molecular weight is 687 g/mol. The van der Waals surface area contributed by atoms with E-state index >= 15 is 0 Å². The molecule has 6 aliphatic rings. The Morgan fingerprint density at radius 3 is 2.78 bits per heavy atom. The number of ether oxygens (including phenoxy) is 2. The number of hydrogen-bond donors (Lipinski definition) is 2. The monoisotopic (exact) mass is 686 g/mol. The number of nitrogens with zero attached hydrogens (tertiary/aromatic N) is 2. The molecule has 8 rings (SSSR count). The molecule has 0 radical (unpaired) electrons. The fourth-order valence-corrected chi connectivity index (χ4v) is 10.8. The number of amides is 3. The Morgan fingerprint density at radius 1 is 1.14 bits per heavy atom. The third kappa shape index (κ3) is 6.63. The van der Waals surface area contributed by atoms with Crippen LogP contribution in [0, 0.1) is 36.5 Å². The van der Waals surface area contributed by atoms with E-state index in [1.165, 1.54) is 23.1 Å². The lowest BCUT2D eigenvalue weighted by atomic mass is 9.68. The first kappa shape index (κ1) is 32.8. The summed E-state index contributed by atoms with van der Waals surface area (Å²) in [5.41, 5.74) is 5.24. The number of carbonyl (C=O) groups excluding carboxylic acids is 2. The molecular formula is C39H50N4O5S. The summed E-state index contributed by atoms with van der Waals surface area (Å²) in [6, 6.07) is 11.9. The summed E-state index contributed by atoms with van der Waals surface area (Å²) in [4.78, 5) is 29.2. The molecule has 3 saturated carbocycles. The molecule has 2 bridgehead atoms. The minimum absolute atomic E-state index is 0.0191. The zero-order valence-electron chi connectivity index (χ0n) is 29.0. The fraction of sp³-hybridized carbons (Fsp3) is 0.590. The van der Waals surface area contributed by atoms with Gasteiger partial charge < -0.3 is 19.7 Å². The zero-order valence-corrected chi connectivity index (χ0v) is 29.8. The van der Waals surface area contributed by atoms with Crippen LogP contribution in [0.2, 0.25) is 0 Å². The quantitative estimate of drug-likeness (QED) is 0.355. The van der Waals surface area contributed by atoms with E-state index in [1.807, 2.05) is 19.1 Å². The van der Waals surface area contributed by atoms with Crippen molar-refractivity contribution in [1.29, 1.82) is 0 Å². The second kappa shape index (κ2) is 12.7. The van der Waals surface area contributed by atoms with Crippen LogP contribution in [0.25, 0.3) is 0 Å². The van der Waals surface area contributed by atoms with Gasteiger partial charge in [-0.1, -0.05) is 42.8 Å². The number of carbonyl (C=O) groups is 2. The highest BCUT2D eigenvalue weighted by molar-refractivity contribution is 7.92. The molecule has 10 heteroatoms. The van der Waals surface area contributed by atoms with Gasteiger partial charge in [-0.25, -0.2) is 9.00 Å². The number of hydrogen-bond acceptors (Lipinski definition) is 6. The van der Waals surface area contributed by atoms with Crippen molar-refractivity contribution >= 4 is 27.5 Å². The summed E-state index contributed by atoms with van der Waals surface area (Å²) < 4.78 is 34.0. The number of fused-ring (bicyclic) bond motifs is 6. The van der Waals surface area contributed by atoms with Crippen molar-refractivity contribution in [3.8, 4) is 5.75 Å².